The minimum absolute atomic E-state index is 0.177. The zero-order chi connectivity index (χ0) is 33.8. The Bertz CT molecular complexity index is 2300. The SMILES string of the molecule is CCCC1=C(C(=O)OCC)[C@@H](c2c(OC)ccc3ccccc23)n2c(s/c(=C\c3cc(Br)ccc3OCc3ccccc3C#N)c2=O)=N1. The molecule has 0 bridgehead atoms. The quantitative estimate of drug-likeness (QED) is 0.145. The van der Waals surface area contributed by atoms with E-state index in [1.807, 2.05) is 79.7 Å². The summed E-state index contributed by atoms with van der Waals surface area (Å²) in [6, 6.07) is 25.9. The maximum Gasteiger partial charge on any atom is 0.338 e. The van der Waals surface area contributed by atoms with Gasteiger partial charge in [-0.25, -0.2) is 9.79 Å². The Morgan fingerprint density at radius 3 is 2.60 bits per heavy atom. The number of halogens is 1. The largest absolute Gasteiger partial charge is 0.496 e. The van der Waals surface area contributed by atoms with Crippen molar-refractivity contribution in [3.05, 3.63) is 137 Å². The molecule has 48 heavy (non-hydrogen) atoms. The molecule has 0 radical (unpaired) electrons. The fourth-order valence-corrected chi connectivity index (χ4v) is 7.33. The molecule has 0 fully saturated rings. The number of nitriles is 1. The predicted molar refractivity (Wildman–Crippen MR) is 190 cm³/mol. The third-order valence-electron chi connectivity index (χ3n) is 8.10. The number of methoxy groups -OCH3 is 1. The highest BCUT2D eigenvalue weighted by atomic mass is 79.9. The lowest BCUT2D eigenvalue weighted by atomic mass is 9.90. The van der Waals surface area contributed by atoms with Gasteiger partial charge < -0.3 is 14.2 Å². The van der Waals surface area contributed by atoms with Crippen LogP contribution in [0.5, 0.6) is 11.5 Å². The Labute approximate surface area is 290 Å². The van der Waals surface area contributed by atoms with Crippen LogP contribution in [0.15, 0.2) is 104 Å². The molecule has 1 aliphatic heterocycles. The van der Waals surface area contributed by atoms with Gasteiger partial charge in [-0.3, -0.25) is 9.36 Å². The van der Waals surface area contributed by atoms with Crippen LogP contribution in [0.25, 0.3) is 16.8 Å². The van der Waals surface area contributed by atoms with Gasteiger partial charge in [0.2, 0.25) is 0 Å². The molecule has 2 heterocycles. The highest BCUT2D eigenvalue weighted by molar-refractivity contribution is 9.10. The molecule has 0 saturated heterocycles. The molecule has 8 nitrogen and oxygen atoms in total. The van der Waals surface area contributed by atoms with Crippen molar-refractivity contribution in [2.24, 2.45) is 4.99 Å². The number of aromatic nitrogens is 1. The summed E-state index contributed by atoms with van der Waals surface area (Å²) < 4.78 is 20.5. The maximum absolute atomic E-state index is 14.6. The Hall–Kier alpha value is -4.98. The highest BCUT2D eigenvalue weighted by Crippen LogP contribution is 2.41. The van der Waals surface area contributed by atoms with E-state index in [2.05, 4.69) is 22.0 Å². The Balaban J connectivity index is 1.57. The molecular formula is C38H32BrN3O5S. The smallest absolute Gasteiger partial charge is 0.338 e. The Morgan fingerprint density at radius 2 is 1.83 bits per heavy atom. The molecule has 0 spiro atoms. The van der Waals surface area contributed by atoms with Crippen molar-refractivity contribution in [3.8, 4) is 17.6 Å². The van der Waals surface area contributed by atoms with E-state index in [9.17, 15) is 14.9 Å². The van der Waals surface area contributed by atoms with Crippen molar-refractivity contribution in [2.75, 3.05) is 13.7 Å². The van der Waals surface area contributed by atoms with Gasteiger partial charge in [0.15, 0.2) is 4.80 Å². The number of benzene rings is 4. The summed E-state index contributed by atoms with van der Waals surface area (Å²) in [7, 11) is 1.59. The Kier molecular flexibility index (Phi) is 9.90. The van der Waals surface area contributed by atoms with Gasteiger partial charge in [-0.15, -0.1) is 0 Å². The van der Waals surface area contributed by atoms with Crippen LogP contribution < -0.4 is 24.4 Å². The number of rotatable bonds is 10. The van der Waals surface area contributed by atoms with Crippen LogP contribution in [0.3, 0.4) is 0 Å². The summed E-state index contributed by atoms with van der Waals surface area (Å²) in [4.78, 5) is 33.8. The van der Waals surface area contributed by atoms with Gasteiger partial charge in [-0.05, 0) is 60.5 Å². The van der Waals surface area contributed by atoms with Gasteiger partial charge in [0.05, 0.1) is 41.2 Å². The average molecular weight is 723 g/mol. The molecule has 1 atom stereocenters. The third kappa shape index (κ3) is 6.31. The summed E-state index contributed by atoms with van der Waals surface area (Å²) in [5.74, 6) is 0.579. The summed E-state index contributed by atoms with van der Waals surface area (Å²) in [6.07, 6.45) is 3.05. The van der Waals surface area contributed by atoms with Crippen molar-refractivity contribution in [1.29, 1.82) is 5.26 Å². The van der Waals surface area contributed by atoms with Gasteiger partial charge in [0, 0.05) is 21.2 Å². The van der Waals surface area contributed by atoms with E-state index in [-0.39, 0.29) is 18.8 Å². The average Bonchev–Trinajstić information content (AvgIpc) is 3.41. The standard InChI is InChI=1S/C38H32BrN3O5S/c1-4-10-29-34(37(44)46-5-2)35(33-28-14-9-8-11-23(28)15-17-31(33)45-3)42-36(43)32(48-38(42)41-29)20-26-19-27(39)16-18-30(26)47-22-25-13-7-6-12-24(25)21-40/h6-9,11-20,35H,4-5,10,22H2,1-3H3/b32-20-/t35-/m1/s1. The number of thiazole rings is 1. The molecule has 1 aromatic heterocycles. The highest BCUT2D eigenvalue weighted by Gasteiger charge is 2.37. The number of carbonyl (C=O) groups excluding carboxylic acids is 1. The second-order valence-corrected chi connectivity index (χ2v) is 13.0. The lowest BCUT2D eigenvalue weighted by molar-refractivity contribution is -0.139. The molecule has 4 aromatic carbocycles. The molecule has 1 aliphatic rings. The van der Waals surface area contributed by atoms with Crippen LogP contribution in [0.1, 0.15) is 55.0 Å². The lowest BCUT2D eigenvalue weighted by Crippen LogP contribution is -2.40. The van der Waals surface area contributed by atoms with Crippen molar-refractivity contribution < 1.29 is 19.0 Å². The van der Waals surface area contributed by atoms with Gasteiger partial charge in [0.25, 0.3) is 5.56 Å². The number of ether oxygens (including phenoxy) is 3. The summed E-state index contributed by atoms with van der Waals surface area (Å²) >= 11 is 4.81. The minimum Gasteiger partial charge on any atom is -0.496 e. The summed E-state index contributed by atoms with van der Waals surface area (Å²) in [5.41, 5.74) is 3.26. The number of nitrogens with zero attached hydrogens (tertiary/aromatic N) is 3. The van der Waals surface area contributed by atoms with Gasteiger partial charge >= 0.3 is 5.97 Å². The zero-order valence-electron chi connectivity index (χ0n) is 26.7. The van der Waals surface area contributed by atoms with E-state index in [0.717, 1.165) is 27.2 Å². The Morgan fingerprint density at radius 1 is 1.06 bits per heavy atom. The van der Waals surface area contributed by atoms with Gasteiger partial charge in [-0.1, -0.05) is 89.1 Å². The molecule has 0 aliphatic carbocycles. The van der Waals surface area contributed by atoms with Crippen molar-refractivity contribution in [1.82, 2.24) is 4.57 Å². The van der Waals surface area contributed by atoms with Crippen molar-refractivity contribution in [3.63, 3.8) is 0 Å². The first-order valence-corrected chi connectivity index (χ1v) is 17.2. The molecular weight excluding hydrogens is 690 g/mol. The van der Waals surface area contributed by atoms with Crippen LogP contribution >= 0.6 is 27.3 Å². The fourth-order valence-electron chi connectivity index (χ4n) is 5.95. The first-order chi connectivity index (χ1) is 23.4. The monoisotopic (exact) mass is 721 g/mol. The minimum atomic E-state index is -0.842. The van der Waals surface area contributed by atoms with Gasteiger partial charge in [0.1, 0.15) is 24.1 Å². The number of fused-ring (bicyclic) bond motifs is 2. The summed E-state index contributed by atoms with van der Waals surface area (Å²) in [5, 5.41) is 11.3. The van der Waals surface area contributed by atoms with Crippen LogP contribution in [0, 0.1) is 11.3 Å². The van der Waals surface area contributed by atoms with Crippen molar-refractivity contribution >= 4 is 50.1 Å². The number of carbonyl (C=O) groups is 1. The summed E-state index contributed by atoms with van der Waals surface area (Å²) in [6.45, 7) is 4.14. The normalized spacial score (nSPS) is 14.3. The molecule has 6 rings (SSSR count). The maximum atomic E-state index is 14.6. The topological polar surface area (TPSA) is 103 Å². The van der Waals surface area contributed by atoms with Crippen LogP contribution in [0.2, 0.25) is 0 Å². The van der Waals surface area contributed by atoms with Gasteiger partial charge in [-0.2, -0.15) is 5.26 Å². The fraction of sp³-hybridized carbons (Fsp3) is 0.211. The van der Waals surface area contributed by atoms with E-state index in [4.69, 9.17) is 19.2 Å². The molecule has 0 saturated carbocycles. The second-order valence-electron chi connectivity index (χ2n) is 11.1. The molecule has 0 N–H and O–H groups in total. The van der Waals surface area contributed by atoms with E-state index >= 15 is 0 Å². The van der Waals surface area contributed by atoms with E-state index in [0.29, 0.717) is 55.2 Å². The molecule has 10 heteroatoms. The molecule has 242 valence electrons. The molecule has 0 unspecified atom stereocenters. The van der Waals surface area contributed by atoms with Crippen LogP contribution in [-0.2, 0) is 16.1 Å². The third-order valence-corrected chi connectivity index (χ3v) is 9.57. The van der Waals surface area contributed by atoms with E-state index in [1.165, 1.54) is 11.3 Å². The number of allylic oxidation sites excluding steroid dienone is 1. The molecule has 5 aromatic rings. The predicted octanol–water partition coefficient (Wildman–Crippen LogP) is 6.95. The zero-order valence-corrected chi connectivity index (χ0v) is 29.1. The first-order valence-electron chi connectivity index (χ1n) is 15.6. The van der Waals surface area contributed by atoms with Crippen LogP contribution in [-0.4, -0.2) is 24.3 Å². The number of hydrogen-bond acceptors (Lipinski definition) is 8. The van der Waals surface area contributed by atoms with Crippen LogP contribution in [0.4, 0.5) is 0 Å². The second kappa shape index (κ2) is 14.4. The number of esters is 1. The number of hydrogen-bond donors (Lipinski definition) is 0. The molecule has 0 amide bonds. The lowest BCUT2D eigenvalue weighted by Gasteiger charge is -2.28. The van der Waals surface area contributed by atoms with E-state index in [1.54, 1.807) is 30.7 Å². The first kappa shape index (κ1) is 32.9. The van der Waals surface area contributed by atoms with Crippen molar-refractivity contribution in [2.45, 2.75) is 39.3 Å². The van der Waals surface area contributed by atoms with E-state index < -0.39 is 12.0 Å².